The molecule has 0 aliphatic heterocycles. The van der Waals surface area contributed by atoms with Crippen LogP contribution in [0.4, 0.5) is 0 Å². The van der Waals surface area contributed by atoms with Gasteiger partial charge in [-0.1, -0.05) is 5.16 Å². The third-order valence-corrected chi connectivity index (χ3v) is 1.07. The van der Waals surface area contributed by atoms with Gasteiger partial charge >= 0.3 is 7.12 Å². The normalized spacial score (nSPS) is 9.67. The molecule has 0 aromatic carbocycles. The van der Waals surface area contributed by atoms with Crippen molar-refractivity contribution in [2.75, 3.05) is 0 Å². The average molecular weight is 127 g/mol. The van der Waals surface area contributed by atoms with Crippen molar-refractivity contribution in [3.8, 4) is 0 Å². The summed E-state index contributed by atoms with van der Waals surface area (Å²) in [7, 11) is -1.48. The summed E-state index contributed by atoms with van der Waals surface area (Å²) >= 11 is 0. The van der Waals surface area contributed by atoms with Crippen molar-refractivity contribution in [2.45, 2.75) is 6.92 Å². The second kappa shape index (κ2) is 2.20. The lowest BCUT2D eigenvalue weighted by atomic mass is 9.81. The van der Waals surface area contributed by atoms with E-state index in [-0.39, 0.29) is 0 Å². The van der Waals surface area contributed by atoms with Gasteiger partial charge in [0.15, 0.2) is 0 Å². The topological polar surface area (TPSA) is 66.5 Å². The molecule has 48 valence electrons. The van der Waals surface area contributed by atoms with E-state index in [2.05, 4.69) is 9.68 Å². The van der Waals surface area contributed by atoms with Crippen molar-refractivity contribution in [3.05, 3.63) is 12.0 Å². The summed E-state index contributed by atoms with van der Waals surface area (Å²) in [5, 5.41) is 20.4. The molecule has 5 heteroatoms. The van der Waals surface area contributed by atoms with Crippen molar-refractivity contribution in [2.24, 2.45) is 0 Å². The summed E-state index contributed by atoms with van der Waals surface area (Å²) in [5.74, 6) is 0.435. The van der Waals surface area contributed by atoms with E-state index >= 15 is 0 Å². The highest BCUT2D eigenvalue weighted by atomic mass is 16.5. The van der Waals surface area contributed by atoms with Crippen molar-refractivity contribution >= 4 is 12.6 Å². The zero-order chi connectivity index (χ0) is 6.85. The molecule has 9 heavy (non-hydrogen) atoms. The van der Waals surface area contributed by atoms with Crippen LogP contribution in [-0.2, 0) is 0 Å². The molecule has 1 heterocycles. The molecule has 1 aromatic rings. The van der Waals surface area contributed by atoms with Crippen molar-refractivity contribution < 1.29 is 14.6 Å². The summed E-state index contributed by atoms with van der Waals surface area (Å²) in [6.07, 6.45) is 1.28. The van der Waals surface area contributed by atoms with E-state index in [0.717, 1.165) is 0 Å². The lowest BCUT2D eigenvalue weighted by Gasteiger charge is -1.89. The Labute approximate surface area is 52.2 Å². The number of aryl methyl sites for hydroxylation is 1. The first kappa shape index (κ1) is 6.32. The van der Waals surface area contributed by atoms with Gasteiger partial charge in [-0.3, -0.25) is 0 Å². The fraction of sp³-hybridized carbons (Fsp3) is 0.250. The largest absolute Gasteiger partial charge is 0.493 e. The van der Waals surface area contributed by atoms with E-state index in [1.54, 1.807) is 6.92 Å². The highest BCUT2D eigenvalue weighted by molar-refractivity contribution is 6.58. The summed E-state index contributed by atoms with van der Waals surface area (Å²) in [6, 6.07) is 0. The molecule has 0 saturated carbocycles. The van der Waals surface area contributed by atoms with Gasteiger partial charge in [-0.05, 0) is 6.92 Å². The molecule has 0 fully saturated rings. The van der Waals surface area contributed by atoms with Crippen molar-refractivity contribution in [1.29, 1.82) is 0 Å². The van der Waals surface area contributed by atoms with Crippen LogP contribution in [0.1, 0.15) is 5.76 Å². The van der Waals surface area contributed by atoms with Crippen LogP contribution in [0, 0.1) is 6.92 Å². The zero-order valence-electron chi connectivity index (χ0n) is 4.90. The Balaban J connectivity index is 2.94. The van der Waals surface area contributed by atoms with Gasteiger partial charge in [0, 0.05) is 5.46 Å². The van der Waals surface area contributed by atoms with E-state index in [4.69, 9.17) is 10.0 Å². The van der Waals surface area contributed by atoms with Gasteiger partial charge in [-0.2, -0.15) is 0 Å². The smallest absolute Gasteiger partial charge is 0.423 e. The molecule has 0 amide bonds. The first-order chi connectivity index (χ1) is 4.22. The van der Waals surface area contributed by atoms with Gasteiger partial charge < -0.3 is 14.6 Å². The molecule has 1 rings (SSSR count). The number of rotatable bonds is 1. The molecule has 0 aliphatic rings. The first-order valence-electron chi connectivity index (χ1n) is 2.49. The summed E-state index contributed by atoms with van der Waals surface area (Å²) in [4.78, 5) is 0. The molecule has 0 atom stereocenters. The number of nitrogens with zero attached hydrogens (tertiary/aromatic N) is 1. The van der Waals surface area contributed by atoms with Crippen LogP contribution in [0.3, 0.4) is 0 Å². The van der Waals surface area contributed by atoms with Gasteiger partial charge in [0.1, 0.15) is 5.76 Å². The molecule has 0 saturated heterocycles. The molecule has 2 N–H and O–H groups in total. The SMILES string of the molecule is Cc1oncc1B(O)O. The minimum atomic E-state index is -1.48. The summed E-state index contributed by atoms with van der Waals surface area (Å²) < 4.78 is 4.56. The van der Waals surface area contributed by atoms with Gasteiger partial charge in [-0.25, -0.2) is 0 Å². The molecule has 0 bridgehead atoms. The maximum atomic E-state index is 8.55. The number of aromatic nitrogens is 1. The molecular formula is C4H6BNO3. The Hall–Kier alpha value is -0.805. The predicted molar refractivity (Wildman–Crippen MR) is 31.1 cm³/mol. The van der Waals surface area contributed by atoms with Crippen LogP contribution in [0.2, 0.25) is 0 Å². The Morgan fingerprint density at radius 1 is 1.67 bits per heavy atom. The standard InChI is InChI=1S/C4H6BNO3/c1-3-4(5(7)8)2-6-9-3/h2,7-8H,1H3. The van der Waals surface area contributed by atoms with Gasteiger partial charge in [0.2, 0.25) is 0 Å². The van der Waals surface area contributed by atoms with Gasteiger partial charge in [0.05, 0.1) is 6.20 Å². The van der Waals surface area contributed by atoms with Crippen LogP contribution in [0.15, 0.2) is 10.7 Å². The highest BCUT2D eigenvalue weighted by Crippen LogP contribution is 1.89. The summed E-state index contributed by atoms with van der Waals surface area (Å²) in [6.45, 7) is 1.61. The molecule has 0 spiro atoms. The first-order valence-corrected chi connectivity index (χ1v) is 2.49. The van der Waals surface area contributed by atoms with Crippen molar-refractivity contribution in [3.63, 3.8) is 0 Å². The lowest BCUT2D eigenvalue weighted by molar-refractivity contribution is 0.395. The predicted octanol–water partition coefficient (Wildman–Crippen LogP) is -1.34. The minimum Gasteiger partial charge on any atom is -0.423 e. The van der Waals surface area contributed by atoms with Crippen LogP contribution in [0.5, 0.6) is 0 Å². The van der Waals surface area contributed by atoms with Crippen molar-refractivity contribution in [1.82, 2.24) is 5.16 Å². The second-order valence-corrected chi connectivity index (χ2v) is 1.71. The molecule has 0 radical (unpaired) electrons. The molecule has 0 aliphatic carbocycles. The second-order valence-electron chi connectivity index (χ2n) is 1.71. The van der Waals surface area contributed by atoms with Crippen LogP contribution >= 0.6 is 0 Å². The van der Waals surface area contributed by atoms with Gasteiger partial charge in [0.25, 0.3) is 0 Å². The fourth-order valence-corrected chi connectivity index (χ4v) is 0.554. The lowest BCUT2D eigenvalue weighted by Crippen LogP contribution is -2.30. The third-order valence-electron chi connectivity index (χ3n) is 1.07. The van der Waals surface area contributed by atoms with E-state index in [1.807, 2.05) is 0 Å². The Bertz CT molecular complexity index is 197. The Kier molecular flexibility index (Phi) is 1.55. The van der Waals surface area contributed by atoms with Crippen LogP contribution < -0.4 is 5.46 Å². The Morgan fingerprint density at radius 3 is 2.56 bits per heavy atom. The van der Waals surface area contributed by atoms with E-state index in [0.29, 0.717) is 11.2 Å². The Morgan fingerprint density at radius 2 is 2.33 bits per heavy atom. The average Bonchev–Trinajstić information content (AvgIpc) is 2.13. The molecule has 0 unspecified atom stereocenters. The molecule has 1 aromatic heterocycles. The fourth-order valence-electron chi connectivity index (χ4n) is 0.554. The number of hydrogen-bond acceptors (Lipinski definition) is 4. The minimum absolute atomic E-state index is 0.315. The van der Waals surface area contributed by atoms with Crippen LogP contribution in [-0.4, -0.2) is 22.3 Å². The van der Waals surface area contributed by atoms with E-state index < -0.39 is 7.12 Å². The highest BCUT2D eigenvalue weighted by Gasteiger charge is 2.16. The quantitative estimate of drug-likeness (QED) is 0.458. The van der Waals surface area contributed by atoms with Gasteiger partial charge in [-0.15, -0.1) is 0 Å². The number of hydrogen-bond donors (Lipinski definition) is 2. The maximum Gasteiger partial charge on any atom is 0.493 e. The van der Waals surface area contributed by atoms with Crippen LogP contribution in [0.25, 0.3) is 0 Å². The zero-order valence-corrected chi connectivity index (χ0v) is 4.90. The molecule has 4 nitrogen and oxygen atoms in total. The monoisotopic (exact) mass is 127 g/mol. The maximum absolute atomic E-state index is 8.55. The summed E-state index contributed by atoms with van der Waals surface area (Å²) in [5.41, 5.74) is 0.315. The third kappa shape index (κ3) is 1.12. The molecular weight excluding hydrogens is 121 g/mol. The van der Waals surface area contributed by atoms with E-state index in [1.165, 1.54) is 6.20 Å². The van der Waals surface area contributed by atoms with E-state index in [9.17, 15) is 0 Å².